The number of benzene rings is 1. The number of amides is 2. The average molecular weight is 343 g/mol. The van der Waals surface area contributed by atoms with Gasteiger partial charge in [0.05, 0.1) is 5.92 Å². The van der Waals surface area contributed by atoms with Gasteiger partial charge in [-0.05, 0) is 50.8 Å². The van der Waals surface area contributed by atoms with Gasteiger partial charge in [-0.2, -0.15) is 0 Å². The van der Waals surface area contributed by atoms with Gasteiger partial charge in [0.2, 0.25) is 11.8 Å². The first kappa shape index (κ1) is 17.9. The fraction of sp³-hybridized carbons (Fsp3) is 0.600. The highest BCUT2D eigenvalue weighted by Crippen LogP contribution is 2.21. The Kier molecular flexibility index (Phi) is 6.08. The van der Waals surface area contributed by atoms with Crippen LogP contribution in [0.2, 0.25) is 0 Å². The number of carbonyl (C=O) groups is 2. The summed E-state index contributed by atoms with van der Waals surface area (Å²) in [6, 6.07) is 8.21. The molecule has 0 radical (unpaired) electrons. The number of carbonyl (C=O) groups excluding carboxylic acids is 2. The zero-order chi connectivity index (χ0) is 17.6. The van der Waals surface area contributed by atoms with Crippen LogP contribution in [0.4, 0.5) is 0 Å². The molecule has 2 saturated heterocycles. The van der Waals surface area contributed by atoms with E-state index in [1.807, 2.05) is 12.1 Å². The zero-order valence-corrected chi connectivity index (χ0v) is 15.1. The van der Waals surface area contributed by atoms with Gasteiger partial charge in [-0.15, -0.1) is 0 Å². The Morgan fingerprint density at radius 3 is 2.84 bits per heavy atom. The van der Waals surface area contributed by atoms with Crippen LogP contribution in [0, 0.1) is 18.8 Å². The van der Waals surface area contributed by atoms with Crippen LogP contribution >= 0.6 is 0 Å². The Morgan fingerprint density at radius 1 is 1.32 bits per heavy atom. The number of rotatable bonds is 6. The molecule has 5 nitrogen and oxygen atoms in total. The van der Waals surface area contributed by atoms with E-state index < -0.39 is 0 Å². The summed E-state index contributed by atoms with van der Waals surface area (Å²) in [6.45, 7) is 6.06. The SMILES string of the molecule is Cc1ccc(CN2CC(C(=O)NCCC3CCCNC3)CC2=O)cc1. The van der Waals surface area contributed by atoms with Crippen molar-refractivity contribution in [3.8, 4) is 0 Å². The van der Waals surface area contributed by atoms with E-state index in [9.17, 15) is 9.59 Å². The largest absolute Gasteiger partial charge is 0.356 e. The van der Waals surface area contributed by atoms with Gasteiger partial charge >= 0.3 is 0 Å². The molecule has 2 unspecified atom stereocenters. The van der Waals surface area contributed by atoms with Crippen LogP contribution in [0.3, 0.4) is 0 Å². The number of likely N-dealkylation sites (tertiary alicyclic amines) is 1. The third-order valence-electron chi connectivity index (χ3n) is 5.33. The minimum Gasteiger partial charge on any atom is -0.356 e. The molecule has 0 aromatic heterocycles. The van der Waals surface area contributed by atoms with E-state index in [1.54, 1.807) is 4.90 Å². The highest BCUT2D eigenvalue weighted by Gasteiger charge is 2.34. The predicted octanol–water partition coefficient (Wildman–Crippen LogP) is 1.85. The van der Waals surface area contributed by atoms with E-state index >= 15 is 0 Å². The number of aryl methyl sites for hydroxylation is 1. The fourth-order valence-electron chi connectivity index (χ4n) is 3.73. The van der Waals surface area contributed by atoms with Crippen LogP contribution in [0.25, 0.3) is 0 Å². The summed E-state index contributed by atoms with van der Waals surface area (Å²) in [4.78, 5) is 26.4. The van der Waals surface area contributed by atoms with Crippen LogP contribution in [-0.4, -0.2) is 42.9 Å². The third kappa shape index (κ3) is 5.05. The smallest absolute Gasteiger partial charge is 0.225 e. The van der Waals surface area contributed by atoms with Crippen molar-refractivity contribution in [1.29, 1.82) is 0 Å². The molecule has 0 bridgehead atoms. The highest BCUT2D eigenvalue weighted by atomic mass is 16.2. The maximum atomic E-state index is 12.4. The molecule has 2 atom stereocenters. The zero-order valence-electron chi connectivity index (χ0n) is 15.1. The van der Waals surface area contributed by atoms with Crippen molar-refractivity contribution in [2.45, 2.75) is 39.2 Å². The number of hydrogen-bond acceptors (Lipinski definition) is 3. The first-order valence-corrected chi connectivity index (χ1v) is 9.43. The molecule has 2 heterocycles. The van der Waals surface area contributed by atoms with Crippen LogP contribution < -0.4 is 10.6 Å². The van der Waals surface area contributed by atoms with Crippen LogP contribution in [0.1, 0.15) is 36.8 Å². The van der Waals surface area contributed by atoms with Crippen LogP contribution in [-0.2, 0) is 16.1 Å². The first-order chi connectivity index (χ1) is 12.1. The van der Waals surface area contributed by atoms with E-state index in [0.29, 0.717) is 32.0 Å². The molecule has 136 valence electrons. The van der Waals surface area contributed by atoms with Crippen molar-refractivity contribution in [1.82, 2.24) is 15.5 Å². The molecule has 0 aliphatic carbocycles. The molecule has 0 spiro atoms. The lowest BCUT2D eigenvalue weighted by Crippen LogP contribution is -2.36. The lowest BCUT2D eigenvalue weighted by molar-refractivity contribution is -0.129. The summed E-state index contributed by atoms with van der Waals surface area (Å²) in [5.41, 5.74) is 2.33. The van der Waals surface area contributed by atoms with Gasteiger partial charge in [0.1, 0.15) is 0 Å². The molecule has 2 amide bonds. The topological polar surface area (TPSA) is 61.4 Å². The number of piperidine rings is 1. The lowest BCUT2D eigenvalue weighted by Gasteiger charge is -2.23. The summed E-state index contributed by atoms with van der Waals surface area (Å²) in [7, 11) is 0. The molecule has 2 aliphatic rings. The van der Waals surface area contributed by atoms with Gasteiger partial charge in [0.25, 0.3) is 0 Å². The summed E-state index contributed by atoms with van der Waals surface area (Å²) >= 11 is 0. The summed E-state index contributed by atoms with van der Waals surface area (Å²) < 4.78 is 0. The van der Waals surface area contributed by atoms with E-state index in [0.717, 1.165) is 25.1 Å². The Morgan fingerprint density at radius 2 is 2.12 bits per heavy atom. The molecule has 1 aromatic carbocycles. The number of nitrogens with zero attached hydrogens (tertiary/aromatic N) is 1. The van der Waals surface area contributed by atoms with Crippen LogP contribution in [0.5, 0.6) is 0 Å². The Hall–Kier alpha value is -1.88. The number of hydrogen-bond donors (Lipinski definition) is 2. The van der Waals surface area contributed by atoms with Crippen LogP contribution in [0.15, 0.2) is 24.3 Å². The Balaban J connectivity index is 1.43. The van der Waals surface area contributed by atoms with Crippen molar-refractivity contribution >= 4 is 11.8 Å². The van der Waals surface area contributed by atoms with Gasteiger partial charge in [0, 0.05) is 26.1 Å². The lowest BCUT2D eigenvalue weighted by atomic mass is 9.96. The maximum absolute atomic E-state index is 12.4. The Labute approximate surface area is 150 Å². The molecule has 3 rings (SSSR count). The van der Waals surface area contributed by atoms with Crippen molar-refractivity contribution in [2.75, 3.05) is 26.2 Å². The van der Waals surface area contributed by atoms with Crippen molar-refractivity contribution in [2.24, 2.45) is 11.8 Å². The van der Waals surface area contributed by atoms with Gasteiger partial charge < -0.3 is 15.5 Å². The van der Waals surface area contributed by atoms with Crippen molar-refractivity contribution in [3.63, 3.8) is 0 Å². The van der Waals surface area contributed by atoms with Gasteiger partial charge in [-0.25, -0.2) is 0 Å². The molecule has 2 N–H and O–H groups in total. The second-order valence-electron chi connectivity index (χ2n) is 7.45. The summed E-state index contributed by atoms with van der Waals surface area (Å²) in [5.74, 6) is 0.570. The standard InChI is InChI=1S/C20H29N3O2/c1-15-4-6-17(7-5-15)13-23-14-18(11-19(23)24)20(25)22-10-8-16-3-2-9-21-12-16/h4-7,16,18,21H,2-3,8-14H2,1H3,(H,22,25). The maximum Gasteiger partial charge on any atom is 0.225 e. The van der Waals surface area contributed by atoms with Crippen molar-refractivity contribution < 1.29 is 9.59 Å². The molecule has 25 heavy (non-hydrogen) atoms. The molecular formula is C20H29N3O2. The molecule has 2 aliphatic heterocycles. The van der Waals surface area contributed by atoms with E-state index in [2.05, 4.69) is 29.7 Å². The predicted molar refractivity (Wildman–Crippen MR) is 97.9 cm³/mol. The monoisotopic (exact) mass is 343 g/mol. The second-order valence-corrected chi connectivity index (χ2v) is 7.45. The normalized spacial score (nSPS) is 23.7. The average Bonchev–Trinajstić information content (AvgIpc) is 2.99. The van der Waals surface area contributed by atoms with Gasteiger partial charge in [-0.3, -0.25) is 9.59 Å². The van der Waals surface area contributed by atoms with E-state index in [1.165, 1.54) is 18.4 Å². The molecule has 2 fully saturated rings. The van der Waals surface area contributed by atoms with Crippen molar-refractivity contribution in [3.05, 3.63) is 35.4 Å². The molecular weight excluding hydrogens is 314 g/mol. The first-order valence-electron chi connectivity index (χ1n) is 9.43. The summed E-state index contributed by atoms with van der Waals surface area (Å²) in [6.07, 6.45) is 3.83. The molecule has 5 heteroatoms. The minimum atomic E-state index is -0.206. The number of nitrogens with one attached hydrogen (secondary N) is 2. The quantitative estimate of drug-likeness (QED) is 0.829. The van der Waals surface area contributed by atoms with Gasteiger partial charge in [0.15, 0.2) is 0 Å². The summed E-state index contributed by atoms with van der Waals surface area (Å²) in [5, 5.41) is 6.44. The third-order valence-corrected chi connectivity index (χ3v) is 5.33. The second kappa shape index (κ2) is 8.48. The fourth-order valence-corrected chi connectivity index (χ4v) is 3.73. The van der Waals surface area contributed by atoms with Gasteiger partial charge in [-0.1, -0.05) is 29.8 Å². The molecule has 0 saturated carbocycles. The van der Waals surface area contributed by atoms with E-state index in [-0.39, 0.29) is 17.7 Å². The Bertz CT molecular complexity index is 593. The van der Waals surface area contributed by atoms with E-state index in [4.69, 9.17) is 0 Å². The highest BCUT2D eigenvalue weighted by molar-refractivity contribution is 5.89. The minimum absolute atomic E-state index is 0.0310. The molecule has 1 aromatic rings.